The molecule has 10 nitrogen and oxygen atoms in total. The molecule has 2 aromatic rings. The number of carbonyl (C=O) groups is 4. The van der Waals surface area contributed by atoms with Gasteiger partial charge in [-0.05, 0) is 48.8 Å². The number of likely N-dealkylation sites (tertiary alicyclic amines) is 1. The van der Waals surface area contributed by atoms with Crippen molar-refractivity contribution in [3.8, 4) is 0 Å². The van der Waals surface area contributed by atoms with Crippen LogP contribution in [0.3, 0.4) is 0 Å². The second-order valence-electron chi connectivity index (χ2n) is 11.3. The van der Waals surface area contributed by atoms with Crippen LogP contribution >= 0.6 is 0 Å². The number of carbonyl (C=O) groups excluding carboxylic acids is 4. The predicted molar refractivity (Wildman–Crippen MR) is 150 cm³/mol. The van der Waals surface area contributed by atoms with Gasteiger partial charge in [-0.15, -0.1) is 0 Å². The summed E-state index contributed by atoms with van der Waals surface area (Å²) in [5, 5.41) is 29.5. The number of hydrogen-bond donors (Lipinski definition) is 3. The van der Waals surface area contributed by atoms with Crippen LogP contribution in [0.4, 0.5) is 13.2 Å². The Bertz CT molecular complexity index is 1340. The number of nitrogens with two attached hydrogens (primary N) is 1. The maximum atomic E-state index is 14.0. The van der Waals surface area contributed by atoms with Gasteiger partial charge in [-0.2, -0.15) is 0 Å². The number of nitrogens with zero attached hydrogens (tertiary/aromatic N) is 1. The zero-order chi connectivity index (χ0) is 32.6. The van der Waals surface area contributed by atoms with Gasteiger partial charge in [-0.25, -0.2) is 13.2 Å². The van der Waals surface area contributed by atoms with Gasteiger partial charge < -0.3 is 35.8 Å². The van der Waals surface area contributed by atoms with E-state index in [4.69, 9.17) is 5.73 Å². The van der Waals surface area contributed by atoms with E-state index in [-0.39, 0.29) is 81.4 Å². The number of rotatable bonds is 15. The smallest absolute Gasteiger partial charge is 0.548 e. The molecule has 6 atom stereocenters. The van der Waals surface area contributed by atoms with E-state index in [0.717, 1.165) is 10.5 Å². The summed E-state index contributed by atoms with van der Waals surface area (Å²) in [5.41, 5.74) is 6.63. The van der Waals surface area contributed by atoms with Gasteiger partial charge in [0.2, 0.25) is 11.8 Å². The van der Waals surface area contributed by atoms with Crippen LogP contribution in [-0.4, -0.2) is 65.4 Å². The van der Waals surface area contributed by atoms with Crippen LogP contribution in [-0.2, 0) is 32.0 Å². The number of carboxylic acids is 2. The van der Waals surface area contributed by atoms with E-state index < -0.39 is 71.4 Å². The van der Waals surface area contributed by atoms with Crippen LogP contribution in [0.5, 0.6) is 0 Å². The Hall–Kier alpha value is -2.78. The predicted octanol–water partition coefficient (Wildman–Crippen LogP) is -6.04. The number of benzene rings is 2. The fourth-order valence-corrected chi connectivity index (χ4v) is 5.34. The van der Waals surface area contributed by atoms with Crippen molar-refractivity contribution in [2.45, 2.75) is 82.6 Å². The summed E-state index contributed by atoms with van der Waals surface area (Å²) in [5.74, 6) is -8.21. The molecule has 1 aliphatic heterocycles. The first kappa shape index (κ1) is 41.2. The van der Waals surface area contributed by atoms with Gasteiger partial charge in [0.1, 0.15) is 5.82 Å². The number of aryl methyl sites for hydroxylation is 1. The summed E-state index contributed by atoms with van der Waals surface area (Å²) in [6.45, 7) is 3.35. The molecule has 240 valence electrons. The zero-order valence-corrected chi connectivity index (χ0v) is 26.6. The normalized spacial score (nSPS) is 18.3. The maximum absolute atomic E-state index is 14.0. The van der Waals surface area contributed by atoms with Crippen molar-refractivity contribution >= 4 is 23.8 Å². The summed E-state index contributed by atoms with van der Waals surface area (Å²) in [4.78, 5) is 51.5. The maximum Gasteiger partial charge on any atom is 1.00 e. The Morgan fingerprint density at radius 3 is 2.24 bits per heavy atom. The van der Waals surface area contributed by atoms with Crippen LogP contribution in [0.2, 0.25) is 0 Å². The Morgan fingerprint density at radius 2 is 1.65 bits per heavy atom. The van der Waals surface area contributed by atoms with Gasteiger partial charge in [0, 0.05) is 37.2 Å². The van der Waals surface area contributed by atoms with Crippen molar-refractivity contribution in [2.24, 2.45) is 11.7 Å². The van der Waals surface area contributed by atoms with E-state index in [9.17, 15) is 42.6 Å². The summed E-state index contributed by atoms with van der Waals surface area (Å²) >= 11 is 0. The van der Waals surface area contributed by atoms with E-state index in [1.807, 2.05) is 37.3 Å². The van der Waals surface area contributed by atoms with Gasteiger partial charge in [0.05, 0.1) is 24.0 Å². The van der Waals surface area contributed by atoms with Crippen LogP contribution in [0.15, 0.2) is 42.5 Å². The number of halogens is 3. The molecule has 4 N–H and O–H groups in total. The first-order chi connectivity index (χ1) is 20.8. The average molecular weight is 633 g/mol. The SMILES string of the molecule is CC[C@H](C)[C@H](N[C@@H](CCc1ccccc1)C(=O)[O-])C(=O)N1C[C@@H](NC(=O)C[C@H](N)Cc2cc(F)c(F)cc2F)C[C@H]1C(=O)[O-].[Li+].[Li+]. The Morgan fingerprint density at radius 1 is 1.02 bits per heavy atom. The number of aliphatic carboxylic acids is 2. The van der Waals surface area contributed by atoms with E-state index in [0.29, 0.717) is 25.0 Å². The van der Waals surface area contributed by atoms with E-state index in [1.165, 1.54) is 0 Å². The van der Waals surface area contributed by atoms with Crippen LogP contribution < -0.4 is 64.3 Å². The number of hydrogen-bond acceptors (Lipinski definition) is 8. The van der Waals surface area contributed by atoms with Crippen LogP contribution in [0, 0.1) is 23.4 Å². The molecule has 0 bridgehead atoms. The second kappa shape index (κ2) is 19.1. The topological polar surface area (TPSA) is 168 Å². The molecule has 0 aliphatic carbocycles. The number of carboxylic acid groups (broad SMARTS) is 2. The Kier molecular flexibility index (Phi) is 17.2. The molecule has 15 heteroatoms. The molecule has 0 spiro atoms. The molecule has 1 aliphatic rings. The van der Waals surface area contributed by atoms with Gasteiger partial charge in [-0.3, -0.25) is 14.9 Å². The molecule has 2 aromatic carbocycles. The van der Waals surface area contributed by atoms with Crippen LogP contribution in [0.1, 0.15) is 50.7 Å². The Balaban J connectivity index is 0.00000529. The molecule has 2 amide bonds. The largest absolute Gasteiger partial charge is 1.00 e. The minimum Gasteiger partial charge on any atom is -0.548 e. The third-order valence-electron chi connectivity index (χ3n) is 7.95. The van der Waals surface area contributed by atoms with E-state index in [1.54, 1.807) is 6.92 Å². The summed E-state index contributed by atoms with van der Waals surface area (Å²) in [6, 6.07) is 4.82. The molecular weight excluding hydrogens is 595 g/mol. The van der Waals surface area contributed by atoms with Crippen LogP contribution in [0.25, 0.3) is 0 Å². The van der Waals surface area contributed by atoms with Gasteiger partial charge >= 0.3 is 37.7 Å². The third-order valence-corrected chi connectivity index (χ3v) is 7.95. The fourth-order valence-electron chi connectivity index (χ4n) is 5.34. The van der Waals surface area contributed by atoms with Crippen molar-refractivity contribution in [2.75, 3.05) is 6.54 Å². The molecule has 1 saturated heterocycles. The van der Waals surface area contributed by atoms with Crippen molar-refractivity contribution in [3.05, 3.63) is 71.0 Å². The molecule has 1 heterocycles. The number of nitrogens with one attached hydrogen (secondary N) is 2. The molecule has 0 unspecified atom stereocenters. The fraction of sp³-hybridized carbons (Fsp3) is 0.484. The van der Waals surface area contributed by atoms with Gasteiger partial charge in [0.25, 0.3) is 0 Å². The first-order valence-electron chi connectivity index (χ1n) is 14.5. The number of amides is 2. The van der Waals surface area contributed by atoms with Crippen molar-refractivity contribution < 1.29 is 80.3 Å². The monoisotopic (exact) mass is 632 g/mol. The molecule has 0 saturated carbocycles. The molecule has 1 fully saturated rings. The molecule has 46 heavy (non-hydrogen) atoms. The van der Waals surface area contributed by atoms with Crippen molar-refractivity contribution in [3.63, 3.8) is 0 Å². The minimum absolute atomic E-state index is 0. The standard InChI is InChI=1S/C31H39F3N4O6.2Li/c1-3-17(2)28(37-25(30(41)42)10-9-18-7-5-4-6-8-18)29(40)38-16-21(14-26(38)31(43)44)36-27(39)13-20(35)11-19-12-23(33)24(34)15-22(19)32;;/h4-8,12,15,17,20-21,25-26,28,37H,3,9-11,13-14,16,35H2,1-2H3,(H,36,39)(H,41,42)(H,43,44);;/q;2*+1/p-2/t17-,20+,21-,25-,26-,28-;;/m0../s1. The molecule has 3 rings (SSSR count). The summed E-state index contributed by atoms with van der Waals surface area (Å²) in [7, 11) is 0. The third kappa shape index (κ3) is 11.5. The average Bonchev–Trinajstić information content (AvgIpc) is 3.39. The second-order valence-corrected chi connectivity index (χ2v) is 11.3. The van der Waals surface area contributed by atoms with Crippen molar-refractivity contribution in [1.82, 2.24) is 15.5 Å². The van der Waals surface area contributed by atoms with Crippen molar-refractivity contribution in [1.29, 1.82) is 0 Å². The van der Waals surface area contributed by atoms with E-state index >= 15 is 0 Å². The van der Waals surface area contributed by atoms with Gasteiger partial charge in [-0.1, -0.05) is 50.6 Å². The first-order valence-corrected chi connectivity index (χ1v) is 14.5. The minimum atomic E-state index is -1.54. The van der Waals surface area contributed by atoms with E-state index in [2.05, 4.69) is 10.6 Å². The summed E-state index contributed by atoms with van der Waals surface area (Å²) in [6.07, 6.45) is 0.229. The molecular formula is C31H37F3Li2N4O6. The summed E-state index contributed by atoms with van der Waals surface area (Å²) < 4.78 is 40.7. The molecule has 0 aromatic heterocycles. The zero-order valence-electron chi connectivity index (χ0n) is 26.6. The Labute approximate surface area is 290 Å². The quantitative estimate of drug-likeness (QED) is 0.129. The van der Waals surface area contributed by atoms with Gasteiger partial charge in [0.15, 0.2) is 11.6 Å². The molecule has 0 radical (unpaired) electrons.